The van der Waals surface area contributed by atoms with E-state index in [1.54, 1.807) is 0 Å². The van der Waals surface area contributed by atoms with Crippen LogP contribution in [-0.2, 0) is 0 Å². The maximum Gasteiger partial charge on any atom is 0.0729 e. The quantitative estimate of drug-likeness (QED) is 0.203. The maximum atomic E-state index is 10.1. The van der Waals surface area contributed by atoms with Gasteiger partial charge < -0.3 is 10.2 Å². The molecule has 0 aromatic rings. The molecule has 0 spiro atoms. The lowest BCUT2D eigenvalue weighted by atomic mass is 9.67. The van der Waals surface area contributed by atoms with Gasteiger partial charge in [-0.3, -0.25) is 0 Å². The van der Waals surface area contributed by atoms with Gasteiger partial charge in [0.05, 0.1) is 12.2 Å². The Morgan fingerprint density at radius 2 is 1.21 bits per heavy atom. The predicted molar refractivity (Wildman–Crippen MR) is 184 cm³/mol. The predicted octanol–water partition coefficient (Wildman–Crippen LogP) is 10.4. The van der Waals surface area contributed by atoms with Crippen molar-refractivity contribution in [1.29, 1.82) is 0 Å². The van der Waals surface area contributed by atoms with E-state index in [1.807, 2.05) is 6.08 Å². The molecule has 2 aliphatic carbocycles. The molecule has 0 unspecified atom stereocenters. The van der Waals surface area contributed by atoms with Crippen LogP contribution in [0.25, 0.3) is 0 Å². The van der Waals surface area contributed by atoms with Gasteiger partial charge >= 0.3 is 0 Å². The zero-order valence-corrected chi connectivity index (χ0v) is 27.9. The first-order chi connectivity index (χ1) is 19.6. The van der Waals surface area contributed by atoms with Crippen LogP contribution in [0.4, 0.5) is 0 Å². The Hall–Kier alpha value is -2.94. The summed E-state index contributed by atoms with van der Waals surface area (Å²) in [4.78, 5) is 0. The fourth-order valence-electron chi connectivity index (χ4n) is 6.14. The highest BCUT2D eigenvalue weighted by Gasteiger charge is 2.34. The Bertz CT molecular complexity index is 1270. The first-order valence-corrected chi connectivity index (χ1v) is 15.4. The Morgan fingerprint density at radius 1 is 0.714 bits per heavy atom. The van der Waals surface area contributed by atoms with Gasteiger partial charge in [0.2, 0.25) is 0 Å². The summed E-state index contributed by atoms with van der Waals surface area (Å²) < 4.78 is 0. The highest BCUT2D eigenvalue weighted by atomic mass is 16.3. The van der Waals surface area contributed by atoms with E-state index in [9.17, 15) is 10.2 Å². The van der Waals surface area contributed by atoms with Gasteiger partial charge in [-0.15, -0.1) is 0 Å². The van der Waals surface area contributed by atoms with Crippen molar-refractivity contribution in [3.63, 3.8) is 0 Å². The second-order valence-electron chi connectivity index (χ2n) is 13.7. The Morgan fingerprint density at radius 3 is 1.74 bits per heavy atom. The molecule has 3 atom stereocenters. The third-order valence-corrected chi connectivity index (χ3v) is 8.33. The molecule has 2 rings (SSSR count). The molecule has 2 nitrogen and oxygen atoms in total. The van der Waals surface area contributed by atoms with Crippen molar-refractivity contribution in [3.05, 3.63) is 130 Å². The fraction of sp³-hybridized carbons (Fsp3) is 0.450. The largest absolute Gasteiger partial charge is 0.393 e. The topological polar surface area (TPSA) is 40.5 Å². The smallest absolute Gasteiger partial charge is 0.0729 e. The summed E-state index contributed by atoms with van der Waals surface area (Å²) in [5.74, 6) is 0.348. The van der Waals surface area contributed by atoms with Crippen LogP contribution in [0.1, 0.15) is 88.5 Å². The molecule has 0 fully saturated rings. The number of aliphatic hydroxyl groups excluding tert-OH is 2. The molecule has 0 saturated carbocycles. The average Bonchev–Trinajstić information content (AvgIpc) is 2.84. The molecule has 228 valence electrons. The third-order valence-electron chi connectivity index (χ3n) is 8.33. The van der Waals surface area contributed by atoms with E-state index < -0.39 is 0 Å². The van der Waals surface area contributed by atoms with Crippen molar-refractivity contribution in [2.24, 2.45) is 16.7 Å². The van der Waals surface area contributed by atoms with Crippen molar-refractivity contribution in [3.8, 4) is 0 Å². The van der Waals surface area contributed by atoms with Gasteiger partial charge in [-0.05, 0) is 77.2 Å². The van der Waals surface area contributed by atoms with Crippen LogP contribution in [0.3, 0.4) is 0 Å². The molecule has 0 aromatic heterocycles. The highest BCUT2D eigenvalue weighted by Crippen LogP contribution is 2.42. The van der Waals surface area contributed by atoms with Crippen LogP contribution in [0.2, 0.25) is 0 Å². The summed E-state index contributed by atoms with van der Waals surface area (Å²) in [5, 5.41) is 20.2. The molecule has 0 aliphatic heterocycles. The molecule has 0 saturated heterocycles. The first-order valence-electron chi connectivity index (χ1n) is 15.4. The first kappa shape index (κ1) is 35.3. The van der Waals surface area contributed by atoms with E-state index in [0.29, 0.717) is 5.92 Å². The normalized spacial score (nSPS) is 26.6. The lowest BCUT2D eigenvalue weighted by Crippen LogP contribution is -2.32. The Kier molecular flexibility index (Phi) is 13.5. The molecular formula is C40H56O2. The van der Waals surface area contributed by atoms with Gasteiger partial charge in [0, 0.05) is 5.92 Å². The van der Waals surface area contributed by atoms with E-state index in [2.05, 4.69) is 154 Å². The van der Waals surface area contributed by atoms with Crippen LogP contribution >= 0.6 is 0 Å². The van der Waals surface area contributed by atoms with Gasteiger partial charge in [0.25, 0.3) is 0 Å². The van der Waals surface area contributed by atoms with Gasteiger partial charge in [0.15, 0.2) is 0 Å². The summed E-state index contributed by atoms with van der Waals surface area (Å²) in [5.41, 5.74) is 8.73. The van der Waals surface area contributed by atoms with Crippen molar-refractivity contribution in [2.75, 3.05) is 0 Å². The van der Waals surface area contributed by atoms with Crippen molar-refractivity contribution in [2.45, 2.75) is 101 Å². The second kappa shape index (κ2) is 16.1. The summed E-state index contributed by atoms with van der Waals surface area (Å²) in [6.07, 6.45) is 33.8. The molecule has 0 heterocycles. The monoisotopic (exact) mass is 568 g/mol. The van der Waals surface area contributed by atoms with E-state index in [0.717, 1.165) is 19.3 Å². The standard InChI is InChI=1S/C40H56O2/c1-29(17-13-19-31(3)21-23-37-33(5)25-35(41)27-39(37,7)8)15-11-12-16-30(2)18-14-20-32(4)22-24-38-34(6)26-36(42)28-40(38,9)10/h11-25,35-37,41-42H,26-28H2,1-10H3/b12-11+,17-13+,18-14+,23-21+,24-22+,29-15-,30-16-,31-19-,32-20-/t35-,36-,37-/m0/s1. The van der Waals surface area contributed by atoms with Crippen molar-refractivity contribution >= 4 is 0 Å². The third kappa shape index (κ3) is 11.7. The second-order valence-corrected chi connectivity index (χ2v) is 13.7. The minimum atomic E-state index is -0.331. The molecule has 2 N–H and O–H groups in total. The summed E-state index contributed by atoms with van der Waals surface area (Å²) in [7, 11) is 0. The molecule has 0 radical (unpaired) electrons. The zero-order chi connectivity index (χ0) is 31.5. The maximum absolute atomic E-state index is 10.1. The van der Waals surface area contributed by atoms with Crippen LogP contribution in [0.15, 0.2) is 130 Å². The summed E-state index contributed by atoms with van der Waals surface area (Å²) in [6, 6.07) is 0. The lowest BCUT2D eigenvalue weighted by Gasteiger charge is -2.38. The van der Waals surface area contributed by atoms with Crippen LogP contribution < -0.4 is 0 Å². The molecule has 0 bridgehead atoms. The molecular weight excluding hydrogens is 512 g/mol. The zero-order valence-electron chi connectivity index (χ0n) is 27.9. The van der Waals surface area contributed by atoms with E-state index in [1.165, 1.54) is 39.0 Å². The molecule has 42 heavy (non-hydrogen) atoms. The molecule has 0 amide bonds. The van der Waals surface area contributed by atoms with Crippen molar-refractivity contribution < 1.29 is 10.2 Å². The SMILES string of the molecule is CC1=C[C@H](O)CC(C)(C)[C@H]1/C=C/C(C)=C\C=C\C(C)=C/C=C/C=C(C)\C=C\C=C(C)/C=C/C1=C(C)C[C@H](O)CC1(C)C. The van der Waals surface area contributed by atoms with E-state index in [4.69, 9.17) is 0 Å². The van der Waals surface area contributed by atoms with Gasteiger partial charge in [0.1, 0.15) is 0 Å². The lowest BCUT2D eigenvalue weighted by molar-refractivity contribution is 0.116. The number of rotatable bonds is 10. The number of hydrogen-bond acceptors (Lipinski definition) is 2. The summed E-state index contributed by atoms with van der Waals surface area (Å²) >= 11 is 0. The number of hydrogen-bond donors (Lipinski definition) is 2. The van der Waals surface area contributed by atoms with Crippen LogP contribution in [0, 0.1) is 16.7 Å². The van der Waals surface area contributed by atoms with Crippen molar-refractivity contribution in [1.82, 2.24) is 0 Å². The minimum Gasteiger partial charge on any atom is -0.393 e. The number of allylic oxidation sites excluding steroid dienone is 20. The molecule has 0 aromatic carbocycles. The van der Waals surface area contributed by atoms with Gasteiger partial charge in [-0.25, -0.2) is 0 Å². The summed E-state index contributed by atoms with van der Waals surface area (Å²) in [6.45, 7) is 21.6. The molecule has 2 aliphatic rings. The highest BCUT2D eigenvalue weighted by molar-refractivity contribution is 5.38. The minimum absolute atomic E-state index is 0.00528. The Balaban J connectivity index is 1.90. The van der Waals surface area contributed by atoms with Gasteiger partial charge in [-0.1, -0.05) is 152 Å². The average molecular weight is 569 g/mol. The Labute approximate surface area is 257 Å². The molecule has 2 heteroatoms. The van der Waals surface area contributed by atoms with E-state index >= 15 is 0 Å². The van der Waals surface area contributed by atoms with Gasteiger partial charge in [-0.2, -0.15) is 0 Å². The van der Waals surface area contributed by atoms with E-state index in [-0.39, 0.29) is 23.0 Å². The van der Waals surface area contributed by atoms with Crippen LogP contribution in [-0.4, -0.2) is 22.4 Å². The van der Waals surface area contributed by atoms with Crippen LogP contribution in [0.5, 0.6) is 0 Å². The fourth-order valence-corrected chi connectivity index (χ4v) is 6.14. The number of aliphatic hydroxyl groups is 2.